The van der Waals surface area contributed by atoms with Crippen LogP contribution in [-0.2, 0) is 13.0 Å². The van der Waals surface area contributed by atoms with Crippen LogP contribution in [0.3, 0.4) is 0 Å². The van der Waals surface area contributed by atoms with Crippen LogP contribution in [0.4, 0.5) is 5.69 Å². The third kappa shape index (κ3) is 2.25. The van der Waals surface area contributed by atoms with Crippen LogP contribution in [-0.4, -0.2) is 9.55 Å². The molecule has 0 radical (unpaired) electrons. The van der Waals surface area contributed by atoms with Crippen LogP contribution in [0.25, 0.3) is 0 Å². The molecule has 0 fully saturated rings. The molecule has 0 aliphatic carbocycles. The zero-order valence-electron chi connectivity index (χ0n) is 11.6. The van der Waals surface area contributed by atoms with Gasteiger partial charge in [-0.05, 0) is 30.4 Å². The highest BCUT2D eigenvalue weighted by molar-refractivity contribution is 5.54. The van der Waals surface area contributed by atoms with Crippen molar-refractivity contribution in [3.63, 3.8) is 0 Å². The number of aromatic nitrogens is 2. The van der Waals surface area contributed by atoms with Gasteiger partial charge in [-0.1, -0.05) is 32.0 Å². The van der Waals surface area contributed by atoms with E-state index in [9.17, 15) is 0 Å². The van der Waals surface area contributed by atoms with E-state index in [-0.39, 0.29) is 0 Å². The van der Waals surface area contributed by atoms with Gasteiger partial charge in [0.25, 0.3) is 0 Å². The summed E-state index contributed by atoms with van der Waals surface area (Å²) in [5.74, 6) is 1.73. The molecule has 1 aliphatic rings. The number of anilines is 1. The van der Waals surface area contributed by atoms with Gasteiger partial charge < -0.3 is 9.88 Å². The zero-order chi connectivity index (χ0) is 13.2. The Hall–Kier alpha value is -1.77. The number of rotatable bonds is 3. The van der Waals surface area contributed by atoms with Gasteiger partial charge in [0.15, 0.2) is 0 Å². The van der Waals surface area contributed by atoms with E-state index >= 15 is 0 Å². The van der Waals surface area contributed by atoms with Crippen LogP contribution in [0.15, 0.2) is 36.7 Å². The van der Waals surface area contributed by atoms with E-state index in [4.69, 9.17) is 0 Å². The molecule has 1 N–H and O–H groups in total. The highest BCUT2D eigenvalue weighted by atomic mass is 15.1. The molecule has 0 bridgehead atoms. The van der Waals surface area contributed by atoms with Crippen molar-refractivity contribution in [3.8, 4) is 0 Å². The summed E-state index contributed by atoms with van der Waals surface area (Å²) < 4.78 is 2.28. The minimum Gasteiger partial charge on any atom is -0.375 e. The highest BCUT2D eigenvalue weighted by Crippen LogP contribution is 2.35. The fourth-order valence-corrected chi connectivity index (χ4v) is 2.96. The van der Waals surface area contributed by atoms with Gasteiger partial charge in [-0.2, -0.15) is 0 Å². The second-order valence-electron chi connectivity index (χ2n) is 5.44. The van der Waals surface area contributed by atoms with Gasteiger partial charge in [-0.25, -0.2) is 4.98 Å². The first-order valence-electron chi connectivity index (χ1n) is 7.15. The lowest BCUT2D eigenvalue weighted by Gasteiger charge is -2.32. The lowest BCUT2D eigenvalue weighted by molar-refractivity contribution is 0.442. The SMILES string of the molecule is CCCn1ccnc1C1Nc2ccccc2CC1C. The molecule has 2 aromatic rings. The molecular weight excluding hydrogens is 234 g/mol. The Labute approximate surface area is 114 Å². The van der Waals surface area contributed by atoms with Gasteiger partial charge in [0.1, 0.15) is 5.82 Å². The molecule has 100 valence electrons. The standard InChI is InChI=1S/C16H21N3/c1-3-9-19-10-8-17-16(19)15-12(2)11-13-6-4-5-7-14(13)18-15/h4-8,10,12,15,18H,3,9,11H2,1-2H3. The van der Waals surface area contributed by atoms with E-state index in [1.165, 1.54) is 17.1 Å². The number of nitrogens with zero attached hydrogens (tertiary/aromatic N) is 2. The predicted molar refractivity (Wildman–Crippen MR) is 78.2 cm³/mol. The number of imidazole rings is 1. The Bertz CT molecular complexity index is 559. The fraction of sp³-hybridized carbons (Fsp3) is 0.438. The normalized spacial score (nSPS) is 21.8. The molecule has 3 rings (SSSR count). The molecule has 0 amide bonds. The number of benzene rings is 1. The van der Waals surface area contributed by atoms with Crippen molar-refractivity contribution in [1.82, 2.24) is 9.55 Å². The topological polar surface area (TPSA) is 29.9 Å². The summed E-state index contributed by atoms with van der Waals surface area (Å²) in [7, 11) is 0. The Morgan fingerprint density at radius 3 is 3.05 bits per heavy atom. The first-order valence-corrected chi connectivity index (χ1v) is 7.15. The minimum atomic E-state index is 0.316. The van der Waals surface area contributed by atoms with Crippen molar-refractivity contribution in [3.05, 3.63) is 48.0 Å². The molecule has 19 heavy (non-hydrogen) atoms. The maximum absolute atomic E-state index is 4.58. The van der Waals surface area contributed by atoms with Crippen molar-refractivity contribution < 1.29 is 0 Å². The van der Waals surface area contributed by atoms with E-state index < -0.39 is 0 Å². The maximum Gasteiger partial charge on any atom is 0.131 e. The Balaban J connectivity index is 1.91. The molecule has 1 aliphatic heterocycles. The molecule has 0 spiro atoms. The Morgan fingerprint density at radius 2 is 2.21 bits per heavy atom. The summed E-state index contributed by atoms with van der Waals surface area (Å²) in [6.45, 7) is 5.55. The lowest BCUT2D eigenvalue weighted by Crippen LogP contribution is -2.28. The second kappa shape index (κ2) is 5.08. The zero-order valence-corrected chi connectivity index (χ0v) is 11.6. The summed E-state index contributed by atoms with van der Waals surface area (Å²) in [5.41, 5.74) is 2.68. The predicted octanol–water partition coefficient (Wildman–Crippen LogP) is 3.64. The maximum atomic E-state index is 4.58. The molecule has 0 saturated heterocycles. The van der Waals surface area contributed by atoms with Gasteiger partial charge in [0, 0.05) is 24.6 Å². The average Bonchev–Trinajstić information content (AvgIpc) is 2.86. The quantitative estimate of drug-likeness (QED) is 0.907. The van der Waals surface area contributed by atoms with Gasteiger partial charge in [-0.15, -0.1) is 0 Å². The van der Waals surface area contributed by atoms with Gasteiger partial charge >= 0.3 is 0 Å². The van der Waals surface area contributed by atoms with E-state index in [0.29, 0.717) is 12.0 Å². The molecule has 1 aromatic carbocycles. The third-order valence-corrected chi connectivity index (χ3v) is 3.93. The molecule has 0 saturated carbocycles. The van der Waals surface area contributed by atoms with E-state index in [2.05, 4.69) is 59.2 Å². The Morgan fingerprint density at radius 1 is 1.37 bits per heavy atom. The molecule has 3 nitrogen and oxygen atoms in total. The van der Waals surface area contributed by atoms with E-state index in [1.807, 2.05) is 6.20 Å². The van der Waals surface area contributed by atoms with Crippen molar-refractivity contribution in [2.75, 3.05) is 5.32 Å². The lowest BCUT2D eigenvalue weighted by atomic mass is 9.88. The van der Waals surface area contributed by atoms with Crippen LogP contribution >= 0.6 is 0 Å². The van der Waals surface area contributed by atoms with Crippen LogP contribution in [0.1, 0.15) is 37.7 Å². The largest absolute Gasteiger partial charge is 0.375 e. The molecule has 2 unspecified atom stereocenters. The monoisotopic (exact) mass is 255 g/mol. The summed E-state index contributed by atoms with van der Waals surface area (Å²) >= 11 is 0. The number of fused-ring (bicyclic) bond motifs is 1. The van der Waals surface area contributed by atoms with E-state index in [0.717, 1.165) is 19.4 Å². The van der Waals surface area contributed by atoms with Crippen LogP contribution < -0.4 is 5.32 Å². The average molecular weight is 255 g/mol. The van der Waals surface area contributed by atoms with Gasteiger partial charge in [0.05, 0.1) is 6.04 Å². The second-order valence-corrected chi connectivity index (χ2v) is 5.44. The van der Waals surface area contributed by atoms with Crippen LogP contribution in [0.5, 0.6) is 0 Å². The van der Waals surface area contributed by atoms with Gasteiger partial charge in [0.2, 0.25) is 0 Å². The van der Waals surface area contributed by atoms with Crippen molar-refractivity contribution >= 4 is 5.69 Å². The summed E-state index contributed by atoms with van der Waals surface area (Å²) in [6.07, 6.45) is 6.27. The number of hydrogen-bond acceptors (Lipinski definition) is 2. The smallest absolute Gasteiger partial charge is 0.131 e. The third-order valence-electron chi connectivity index (χ3n) is 3.93. The molecule has 2 heterocycles. The van der Waals surface area contributed by atoms with E-state index in [1.54, 1.807) is 0 Å². The van der Waals surface area contributed by atoms with Crippen LogP contribution in [0, 0.1) is 5.92 Å². The summed E-state index contributed by atoms with van der Waals surface area (Å²) in [6, 6.07) is 8.91. The Kier molecular flexibility index (Phi) is 3.28. The van der Waals surface area contributed by atoms with Crippen molar-refractivity contribution in [2.24, 2.45) is 5.92 Å². The van der Waals surface area contributed by atoms with Gasteiger partial charge in [-0.3, -0.25) is 0 Å². The number of para-hydroxylation sites is 1. The molecule has 3 heteroatoms. The number of hydrogen-bond donors (Lipinski definition) is 1. The fourth-order valence-electron chi connectivity index (χ4n) is 2.96. The van der Waals surface area contributed by atoms with Crippen molar-refractivity contribution in [1.29, 1.82) is 0 Å². The summed E-state index contributed by atoms with van der Waals surface area (Å²) in [5, 5.41) is 3.66. The number of nitrogens with one attached hydrogen (secondary N) is 1. The minimum absolute atomic E-state index is 0.316. The van der Waals surface area contributed by atoms with Crippen LogP contribution in [0.2, 0.25) is 0 Å². The summed E-state index contributed by atoms with van der Waals surface area (Å²) in [4.78, 5) is 4.58. The molecule has 1 aromatic heterocycles. The number of aryl methyl sites for hydroxylation is 1. The van der Waals surface area contributed by atoms with Crippen molar-refractivity contribution in [2.45, 2.75) is 39.3 Å². The molecular formula is C16H21N3. The first-order chi connectivity index (χ1) is 9.29. The highest BCUT2D eigenvalue weighted by Gasteiger charge is 2.28. The molecule has 2 atom stereocenters. The first kappa shape index (κ1) is 12.3.